The van der Waals surface area contributed by atoms with Crippen LogP contribution in [0.25, 0.3) is 10.9 Å². The molecule has 0 saturated heterocycles. The van der Waals surface area contributed by atoms with E-state index in [2.05, 4.69) is 4.98 Å². The Balaban J connectivity index is 2.30. The number of fused-ring (bicyclic) bond motifs is 1. The van der Waals surface area contributed by atoms with Gasteiger partial charge in [0.2, 0.25) is 9.84 Å². The van der Waals surface area contributed by atoms with E-state index in [-0.39, 0.29) is 21.2 Å². The average molecular weight is 314 g/mol. The summed E-state index contributed by atoms with van der Waals surface area (Å²) in [4.78, 5) is 4.21. The molecule has 0 radical (unpaired) electrons. The molecule has 7 heteroatoms. The summed E-state index contributed by atoms with van der Waals surface area (Å²) in [5, 5.41) is 0.511. The molecule has 2 aromatic carbocycles. The third-order valence-corrected chi connectivity index (χ3v) is 5.21. The van der Waals surface area contributed by atoms with E-state index in [0.717, 1.165) is 0 Å². The van der Waals surface area contributed by atoms with Crippen molar-refractivity contribution in [3.63, 3.8) is 0 Å². The smallest absolute Gasteiger partial charge is 0.208 e. The first-order valence-corrected chi connectivity index (χ1v) is 7.93. The van der Waals surface area contributed by atoms with Crippen molar-refractivity contribution in [1.29, 1.82) is 0 Å². The van der Waals surface area contributed by atoms with Gasteiger partial charge in [-0.2, -0.15) is 0 Å². The number of anilines is 3. The van der Waals surface area contributed by atoms with E-state index in [1.807, 2.05) is 0 Å². The number of nitrogens with zero attached hydrogens (tertiary/aromatic N) is 1. The normalized spacial score (nSPS) is 11.6. The van der Waals surface area contributed by atoms with Crippen LogP contribution < -0.4 is 17.2 Å². The number of nitrogens with two attached hydrogens (primary N) is 3. The lowest BCUT2D eigenvalue weighted by Gasteiger charge is -2.12. The van der Waals surface area contributed by atoms with Gasteiger partial charge in [0.05, 0.1) is 26.7 Å². The maximum Gasteiger partial charge on any atom is 0.208 e. The molecule has 6 nitrogen and oxygen atoms in total. The van der Waals surface area contributed by atoms with Gasteiger partial charge in [-0.25, -0.2) is 8.42 Å². The highest BCUT2D eigenvalue weighted by Crippen LogP contribution is 2.34. The Morgan fingerprint density at radius 1 is 0.955 bits per heavy atom. The Bertz CT molecular complexity index is 967. The van der Waals surface area contributed by atoms with E-state index in [1.54, 1.807) is 18.3 Å². The van der Waals surface area contributed by atoms with Crippen LogP contribution >= 0.6 is 0 Å². The van der Waals surface area contributed by atoms with Crippen molar-refractivity contribution in [1.82, 2.24) is 4.98 Å². The molecule has 0 fully saturated rings. The fourth-order valence-electron chi connectivity index (χ4n) is 2.27. The molecule has 0 spiro atoms. The van der Waals surface area contributed by atoms with Crippen molar-refractivity contribution < 1.29 is 8.42 Å². The number of sulfone groups is 1. The lowest BCUT2D eigenvalue weighted by molar-refractivity contribution is 0.596. The van der Waals surface area contributed by atoms with Crippen molar-refractivity contribution in [3.8, 4) is 0 Å². The topological polar surface area (TPSA) is 125 Å². The van der Waals surface area contributed by atoms with E-state index in [1.165, 1.54) is 30.3 Å². The van der Waals surface area contributed by atoms with E-state index in [4.69, 9.17) is 17.2 Å². The van der Waals surface area contributed by atoms with E-state index in [0.29, 0.717) is 16.6 Å². The van der Waals surface area contributed by atoms with Gasteiger partial charge in [-0.3, -0.25) is 4.98 Å². The average Bonchev–Trinajstić information content (AvgIpc) is 2.51. The molecule has 6 N–H and O–H groups in total. The highest BCUT2D eigenvalue weighted by atomic mass is 32.2. The summed E-state index contributed by atoms with van der Waals surface area (Å²) >= 11 is 0. The van der Waals surface area contributed by atoms with Crippen molar-refractivity contribution >= 4 is 37.8 Å². The van der Waals surface area contributed by atoms with Gasteiger partial charge in [0, 0.05) is 17.3 Å². The second-order valence-electron chi connectivity index (χ2n) is 4.85. The highest BCUT2D eigenvalue weighted by molar-refractivity contribution is 7.91. The first-order chi connectivity index (χ1) is 10.4. The van der Waals surface area contributed by atoms with Crippen molar-refractivity contribution in [2.24, 2.45) is 0 Å². The molecular formula is C15H14N4O2S. The minimum absolute atomic E-state index is 0.0322. The van der Waals surface area contributed by atoms with Crippen LogP contribution in [0, 0.1) is 0 Å². The second-order valence-corrected chi connectivity index (χ2v) is 6.77. The minimum atomic E-state index is -3.79. The molecule has 112 valence electrons. The van der Waals surface area contributed by atoms with Crippen molar-refractivity contribution in [2.75, 3.05) is 17.2 Å². The number of rotatable bonds is 2. The second kappa shape index (κ2) is 4.88. The lowest BCUT2D eigenvalue weighted by Crippen LogP contribution is -2.08. The molecule has 22 heavy (non-hydrogen) atoms. The predicted molar refractivity (Wildman–Crippen MR) is 86.9 cm³/mol. The van der Waals surface area contributed by atoms with Crippen LogP contribution in [0.4, 0.5) is 17.1 Å². The van der Waals surface area contributed by atoms with E-state index < -0.39 is 9.84 Å². The number of hydrogen-bond donors (Lipinski definition) is 3. The zero-order valence-electron chi connectivity index (χ0n) is 11.5. The molecule has 0 bridgehead atoms. The van der Waals surface area contributed by atoms with E-state index >= 15 is 0 Å². The maximum absolute atomic E-state index is 12.8. The standard InChI is InChI=1S/C15H14N4O2S/c16-9-3-5-10(6-4-9)22(20,21)13-8-12(17)15-11(14(13)18)2-1-7-19-15/h1-8H,16-18H2. The van der Waals surface area contributed by atoms with Crippen molar-refractivity contribution in [3.05, 3.63) is 48.7 Å². The fraction of sp³-hybridized carbons (Fsp3) is 0. The molecular weight excluding hydrogens is 300 g/mol. The van der Waals surface area contributed by atoms with Crippen LogP contribution in [0.1, 0.15) is 0 Å². The predicted octanol–water partition coefficient (Wildman–Crippen LogP) is 1.81. The van der Waals surface area contributed by atoms with Crippen molar-refractivity contribution in [2.45, 2.75) is 9.79 Å². The Morgan fingerprint density at radius 3 is 2.32 bits per heavy atom. The molecule has 0 saturated carbocycles. The Labute approximate surface area is 127 Å². The van der Waals surface area contributed by atoms with Gasteiger partial charge in [0.25, 0.3) is 0 Å². The Morgan fingerprint density at radius 2 is 1.64 bits per heavy atom. The summed E-state index contributed by atoms with van der Waals surface area (Å²) in [7, 11) is -3.79. The summed E-state index contributed by atoms with van der Waals surface area (Å²) in [6.45, 7) is 0. The minimum Gasteiger partial charge on any atom is -0.399 e. The quantitative estimate of drug-likeness (QED) is 0.619. The number of pyridine rings is 1. The van der Waals surface area contributed by atoms with Crippen LogP contribution in [0.2, 0.25) is 0 Å². The largest absolute Gasteiger partial charge is 0.399 e. The summed E-state index contributed by atoms with van der Waals surface area (Å²) in [6, 6.07) is 10.6. The molecule has 0 aliphatic heterocycles. The van der Waals surface area contributed by atoms with Gasteiger partial charge < -0.3 is 17.2 Å². The van der Waals surface area contributed by atoms with Crippen LogP contribution in [0.5, 0.6) is 0 Å². The molecule has 0 amide bonds. The molecule has 0 unspecified atom stereocenters. The lowest BCUT2D eigenvalue weighted by atomic mass is 10.1. The molecule has 1 aromatic heterocycles. The molecule has 3 rings (SSSR count). The summed E-state index contributed by atoms with van der Waals surface area (Å²) < 4.78 is 25.5. The van der Waals surface area contributed by atoms with Gasteiger partial charge in [-0.05, 0) is 42.5 Å². The molecule has 1 heterocycles. The zero-order chi connectivity index (χ0) is 15.9. The molecule has 3 aromatic rings. The number of nitrogen functional groups attached to an aromatic ring is 3. The molecule has 0 aliphatic carbocycles. The third kappa shape index (κ3) is 2.11. The van der Waals surface area contributed by atoms with Gasteiger partial charge in [0.15, 0.2) is 0 Å². The summed E-state index contributed by atoms with van der Waals surface area (Å²) in [5.74, 6) is 0. The zero-order valence-corrected chi connectivity index (χ0v) is 12.3. The first-order valence-electron chi connectivity index (χ1n) is 6.44. The van der Waals surface area contributed by atoms with Gasteiger partial charge in [-0.1, -0.05) is 0 Å². The van der Waals surface area contributed by atoms with E-state index in [9.17, 15) is 8.42 Å². The van der Waals surface area contributed by atoms with Gasteiger partial charge in [0.1, 0.15) is 0 Å². The molecule has 0 atom stereocenters. The first kappa shape index (κ1) is 14.2. The van der Waals surface area contributed by atoms with Gasteiger partial charge >= 0.3 is 0 Å². The monoisotopic (exact) mass is 314 g/mol. The van der Waals surface area contributed by atoms with Gasteiger partial charge in [-0.15, -0.1) is 0 Å². The van der Waals surface area contributed by atoms with Crippen LogP contribution in [-0.2, 0) is 9.84 Å². The number of aromatic nitrogens is 1. The van der Waals surface area contributed by atoms with Crippen LogP contribution in [-0.4, -0.2) is 13.4 Å². The fourth-order valence-corrected chi connectivity index (χ4v) is 3.70. The number of benzene rings is 2. The summed E-state index contributed by atoms with van der Waals surface area (Å²) in [5.41, 5.74) is 18.9. The SMILES string of the molecule is Nc1ccc(S(=O)(=O)c2cc(N)c3ncccc3c2N)cc1. The molecule has 0 aliphatic rings. The van der Waals surface area contributed by atoms with Crippen LogP contribution in [0.15, 0.2) is 58.5 Å². The number of hydrogen-bond acceptors (Lipinski definition) is 6. The Kier molecular flexibility index (Phi) is 3.14. The maximum atomic E-state index is 12.8. The van der Waals surface area contributed by atoms with Crippen LogP contribution in [0.3, 0.4) is 0 Å². The highest BCUT2D eigenvalue weighted by Gasteiger charge is 2.23. The Hall–Kier alpha value is -2.80. The third-order valence-electron chi connectivity index (χ3n) is 3.40. The summed E-state index contributed by atoms with van der Waals surface area (Å²) in [6.07, 6.45) is 1.58.